The Labute approximate surface area is 111 Å². The number of halogens is 1. The Kier molecular flexibility index (Phi) is 4.04. The minimum Gasteiger partial charge on any atom is -0.294 e. The molecule has 0 aliphatic rings. The second-order valence-electron chi connectivity index (χ2n) is 4.86. The first kappa shape index (κ1) is 13.4. The summed E-state index contributed by atoms with van der Waals surface area (Å²) in [6.07, 6.45) is 1.58. The number of hydrogen-bond donors (Lipinski definition) is 0. The minimum atomic E-state index is -0.408. The van der Waals surface area contributed by atoms with Crippen LogP contribution in [0.1, 0.15) is 30.0 Å². The summed E-state index contributed by atoms with van der Waals surface area (Å²) >= 11 is 0. The van der Waals surface area contributed by atoms with E-state index in [1.165, 1.54) is 24.5 Å². The molecule has 0 bridgehead atoms. The van der Waals surface area contributed by atoms with Crippen LogP contribution in [0, 0.1) is 11.7 Å². The van der Waals surface area contributed by atoms with Gasteiger partial charge in [0.25, 0.3) is 0 Å². The van der Waals surface area contributed by atoms with Gasteiger partial charge in [0.05, 0.1) is 6.42 Å². The highest BCUT2D eigenvalue weighted by Gasteiger charge is 2.13. The monoisotopic (exact) mass is 261 g/mol. The van der Waals surface area contributed by atoms with Crippen LogP contribution in [0.3, 0.4) is 0 Å². The van der Waals surface area contributed by atoms with Gasteiger partial charge in [-0.3, -0.25) is 4.79 Å². The van der Waals surface area contributed by atoms with Gasteiger partial charge in [-0.15, -0.1) is 0 Å². The quantitative estimate of drug-likeness (QED) is 0.777. The van der Waals surface area contributed by atoms with Crippen LogP contribution < -0.4 is 0 Å². The SMILES string of the molecule is CC(C)Cn1ncnc1CC(=O)c1cccc(F)c1. The van der Waals surface area contributed by atoms with E-state index < -0.39 is 5.82 Å². The molecule has 0 spiro atoms. The third-order valence-electron chi connectivity index (χ3n) is 2.70. The summed E-state index contributed by atoms with van der Waals surface area (Å²) in [4.78, 5) is 16.1. The predicted octanol–water partition coefficient (Wildman–Crippen LogP) is 2.50. The van der Waals surface area contributed by atoms with Crippen LogP contribution in [0.2, 0.25) is 0 Å². The lowest BCUT2D eigenvalue weighted by Gasteiger charge is -2.08. The Balaban J connectivity index is 2.13. The molecule has 0 amide bonds. The molecule has 1 aromatic carbocycles. The molecule has 100 valence electrons. The first-order valence-electron chi connectivity index (χ1n) is 6.21. The smallest absolute Gasteiger partial charge is 0.170 e. The number of nitrogens with zero attached hydrogens (tertiary/aromatic N) is 3. The summed E-state index contributed by atoms with van der Waals surface area (Å²) in [6.45, 7) is 4.85. The number of Topliss-reactive ketones (excluding diaryl/α,β-unsaturated/α-hetero) is 1. The molecule has 2 rings (SSSR count). The topological polar surface area (TPSA) is 47.8 Å². The van der Waals surface area contributed by atoms with Crippen LogP contribution >= 0.6 is 0 Å². The van der Waals surface area contributed by atoms with Gasteiger partial charge in [-0.25, -0.2) is 14.1 Å². The van der Waals surface area contributed by atoms with Crippen LogP contribution in [0.4, 0.5) is 4.39 Å². The van der Waals surface area contributed by atoms with E-state index in [1.807, 2.05) is 0 Å². The first-order valence-corrected chi connectivity index (χ1v) is 6.21. The second-order valence-corrected chi connectivity index (χ2v) is 4.86. The number of carbonyl (C=O) groups is 1. The third kappa shape index (κ3) is 3.47. The molecule has 0 unspecified atom stereocenters. The molecule has 5 heteroatoms. The lowest BCUT2D eigenvalue weighted by molar-refractivity contribution is 0.0988. The highest BCUT2D eigenvalue weighted by atomic mass is 19.1. The molecular weight excluding hydrogens is 245 g/mol. The molecule has 0 saturated heterocycles. The molecule has 0 atom stereocenters. The Hall–Kier alpha value is -2.04. The number of rotatable bonds is 5. The Morgan fingerprint density at radius 2 is 2.21 bits per heavy atom. The molecule has 0 fully saturated rings. The van der Waals surface area contributed by atoms with Gasteiger partial charge in [0, 0.05) is 12.1 Å². The van der Waals surface area contributed by atoms with E-state index in [2.05, 4.69) is 23.9 Å². The van der Waals surface area contributed by atoms with E-state index in [1.54, 1.807) is 10.7 Å². The number of benzene rings is 1. The van der Waals surface area contributed by atoms with Crippen molar-refractivity contribution >= 4 is 5.78 Å². The molecule has 19 heavy (non-hydrogen) atoms. The van der Waals surface area contributed by atoms with Crippen molar-refractivity contribution in [1.82, 2.24) is 14.8 Å². The van der Waals surface area contributed by atoms with Crippen LogP contribution in [0.5, 0.6) is 0 Å². The number of carbonyl (C=O) groups excluding carboxylic acids is 1. The molecule has 0 radical (unpaired) electrons. The van der Waals surface area contributed by atoms with E-state index in [-0.39, 0.29) is 12.2 Å². The highest BCUT2D eigenvalue weighted by Crippen LogP contribution is 2.09. The number of hydrogen-bond acceptors (Lipinski definition) is 3. The summed E-state index contributed by atoms with van der Waals surface area (Å²) in [5.41, 5.74) is 0.360. The Bertz CT molecular complexity index is 578. The summed E-state index contributed by atoms with van der Waals surface area (Å²) < 4.78 is 14.8. The van der Waals surface area contributed by atoms with Gasteiger partial charge in [-0.05, 0) is 18.1 Å². The van der Waals surface area contributed by atoms with Crippen molar-refractivity contribution in [2.75, 3.05) is 0 Å². The zero-order chi connectivity index (χ0) is 13.8. The Morgan fingerprint density at radius 1 is 1.42 bits per heavy atom. The van der Waals surface area contributed by atoms with Crippen molar-refractivity contribution in [2.45, 2.75) is 26.8 Å². The molecule has 0 aliphatic heterocycles. The van der Waals surface area contributed by atoms with Gasteiger partial charge in [-0.2, -0.15) is 5.10 Å². The predicted molar refractivity (Wildman–Crippen MR) is 69.3 cm³/mol. The maximum absolute atomic E-state index is 13.1. The molecule has 0 N–H and O–H groups in total. The average molecular weight is 261 g/mol. The third-order valence-corrected chi connectivity index (χ3v) is 2.70. The van der Waals surface area contributed by atoms with Gasteiger partial charge in [0.1, 0.15) is 18.0 Å². The van der Waals surface area contributed by atoms with E-state index in [9.17, 15) is 9.18 Å². The zero-order valence-electron chi connectivity index (χ0n) is 11.0. The lowest BCUT2D eigenvalue weighted by Crippen LogP contribution is -2.14. The molecule has 4 nitrogen and oxygen atoms in total. The summed E-state index contributed by atoms with van der Waals surface area (Å²) in [5, 5.41) is 4.10. The van der Waals surface area contributed by atoms with Gasteiger partial charge in [0.2, 0.25) is 0 Å². The fourth-order valence-corrected chi connectivity index (χ4v) is 1.83. The maximum atomic E-state index is 13.1. The van der Waals surface area contributed by atoms with Crippen molar-refractivity contribution in [3.8, 4) is 0 Å². The minimum absolute atomic E-state index is 0.135. The fraction of sp³-hybridized carbons (Fsp3) is 0.357. The lowest BCUT2D eigenvalue weighted by atomic mass is 10.1. The van der Waals surface area contributed by atoms with Crippen molar-refractivity contribution in [3.63, 3.8) is 0 Å². The summed E-state index contributed by atoms with van der Waals surface area (Å²) in [7, 11) is 0. The summed E-state index contributed by atoms with van der Waals surface area (Å²) in [6, 6.07) is 5.69. The summed E-state index contributed by atoms with van der Waals surface area (Å²) in [5.74, 6) is 0.472. The van der Waals surface area contributed by atoms with Crippen molar-refractivity contribution in [3.05, 3.63) is 47.8 Å². The zero-order valence-corrected chi connectivity index (χ0v) is 11.0. The van der Waals surface area contributed by atoms with Crippen molar-refractivity contribution in [2.24, 2.45) is 5.92 Å². The van der Waals surface area contributed by atoms with Crippen LogP contribution in [-0.4, -0.2) is 20.5 Å². The first-order chi connectivity index (χ1) is 9.06. The largest absolute Gasteiger partial charge is 0.294 e. The van der Waals surface area contributed by atoms with Crippen LogP contribution in [0.25, 0.3) is 0 Å². The molecule has 0 aliphatic carbocycles. The molecule has 0 saturated carbocycles. The van der Waals surface area contributed by atoms with Crippen molar-refractivity contribution in [1.29, 1.82) is 0 Å². The van der Waals surface area contributed by atoms with Gasteiger partial charge in [0.15, 0.2) is 5.78 Å². The van der Waals surface area contributed by atoms with E-state index in [4.69, 9.17) is 0 Å². The van der Waals surface area contributed by atoms with E-state index in [0.717, 1.165) is 0 Å². The van der Waals surface area contributed by atoms with E-state index >= 15 is 0 Å². The normalized spacial score (nSPS) is 10.9. The average Bonchev–Trinajstić information content (AvgIpc) is 2.75. The van der Waals surface area contributed by atoms with Crippen LogP contribution in [-0.2, 0) is 13.0 Å². The van der Waals surface area contributed by atoms with Gasteiger partial charge in [-0.1, -0.05) is 26.0 Å². The maximum Gasteiger partial charge on any atom is 0.170 e. The molecule has 2 aromatic rings. The molecule has 1 heterocycles. The number of ketones is 1. The van der Waals surface area contributed by atoms with Gasteiger partial charge < -0.3 is 0 Å². The van der Waals surface area contributed by atoms with Crippen LogP contribution in [0.15, 0.2) is 30.6 Å². The fourth-order valence-electron chi connectivity index (χ4n) is 1.83. The van der Waals surface area contributed by atoms with Crippen molar-refractivity contribution < 1.29 is 9.18 Å². The second kappa shape index (κ2) is 5.73. The molecular formula is C14H16FN3O. The van der Waals surface area contributed by atoms with E-state index in [0.29, 0.717) is 23.9 Å². The standard InChI is InChI=1S/C14H16FN3O/c1-10(2)8-18-14(16-9-17-18)7-13(19)11-4-3-5-12(15)6-11/h3-6,9-10H,7-8H2,1-2H3. The highest BCUT2D eigenvalue weighted by molar-refractivity contribution is 5.97. The number of aromatic nitrogens is 3. The van der Waals surface area contributed by atoms with Gasteiger partial charge >= 0.3 is 0 Å². The molecule has 1 aromatic heterocycles. The Morgan fingerprint density at radius 3 is 2.89 bits per heavy atom.